The molecule has 0 amide bonds. The van der Waals surface area contributed by atoms with Crippen molar-refractivity contribution in [1.82, 2.24) is 19.9 Å². The van der Waals surface area contributed by atoms with Gasteiger partial charge in [-0.15, -0.1) is 0 Å². The average molecular weight is 355 g/mol. The average Bonchev–Trinajstić information content (AvgIpc) is 3.07. The summed E-state index contributed by atoms with van der Waals surface area (Å²) >= 11 is 0. The van der Waals surface area contributed by atoms with Crippen LogP contribution in [0.4, 0.5) is 17.7 Å². The molecule has 4 rings (SSSR count). The Balaban J connectivity index is 1.84. The van der Waals surface area contributed by atoms with Crippen molar-refractivity contribution in [2.45, 2.75) is 32.7 Å². The lowest BCUT2D eigenvalue weighted by atomic mass is 10.1. The van der Waals surface area contributed by atoms with E-state index in [4.69, 9.17) is 20.4 Å². The lowest BCUT2D eigenvalue weighted by Gasteiger charge is -2.34. The predicted octanol–water partition coefficient (Wildman–Crippen LogP) is 1.51. The summed E-state index contributed by atoms with van der Waals surface area (Å²) in [6.07, 6.45) is 4.40. The molecule has 2 aliphatic rings. The van der Waals surface area contributed by atoms with Crippen LogP contribution in [0.3, 0.4) is 0 Å². The standard InChI is InChI=1S/C18H25N7O/c1-18(2,3)25-5-4-13-14(12-10-20-16(19)21-11-12)22-17(23-15(13)25)24-6-8-26-9-7-24/h10-11H,4-9H2,1-3H3,(H2,19,20,21). The molecule has 0 aromatic carbocycles. The highest BCUT2D eigenvalue weighted by Gasteiger charge is 2.33. The first-order chi connectivity index (χ1) is 12.4. The van der Waals surface area contributed by atoms with Crippen LogP contribution in [-0.4, -0.2) is 58.3 Å². The summed E-state index contributed by atoms with van der Waals surface area (Å²) in [7, 11) is 0. The van der Waals surface area contributed by atoms with Crippen LogP contribution in [0, 0.1) is 0 Å². The van der Waals surface area contributed by atoms with Gasteiger partial charge in [-0.2, -0.15) is 4.98 Å². The molecule has 0 saturated carbocycles. The third kappa shape index (κ3) is 3.05. The third-order valence-corrected chi connectivity index (χ3v) is 4.86. The second-order valence-electron chi connectivity index (χ2n) is 7.68. The molecule has 0 spiro atoms. The summed E-state index contributed by atoms with van der Waals surface area (Å²) in [5, 5.41) is 0. The molecular formula is C18H25N7O. The monoisotopic (exact) mass is 355 g/mol. The topological polar surface area (TPSA) is 93.3 Å². The van der Waals surface area contributed by atoms with Gasteiger partial charge in [0.1, 0.15) is 5.82 Å². The fraction of sp³-hybridized carbons (Fsp3) is 0.556. The SMILES string of the molecule is CC(C)(C)N1CCc2c(-c3cnc(N)nc3)nc(N3CCOCC3)nc21. The molecule has 2 N–H and O–H groups in total. The van der Waals surface area contributed by atoms with Gasteiger partial charge in [0, 0.05) is 48.7 Å². The Morgan fingerprint density at radius 3 is 2.38 bits per heavy atom. The highest BCUT2D eigenvalue weighted by molar-refractivity contribution is 5.73. The smallest absolute Gasteiger partial charge is 0.228 e. The number of fused-ring (bicyclic) bond motifs is 1. The van der Waals surface area contributed by atoms with Gasteiger partial charge in [-0.05, 0) is 27.2 Å². The van der Waals surface area contributed by atoms with Crippen LogP contribution in [0.15, 0.2) is 12.4 Å². The van der Waals surface area contributed by atoms with Gasteiger partial charge < -0.3 is 20.3 Å². The molecular weight excluding hydrogens is 330 g/mol. The number of hydrogen-bond acceptors (Lipinski definition) is 8. The Hall–Kier alpha value is -2.48. The summed E-state index contributed by atoms with van der Waals surface area (Å²) in [5.74, 6) is 2.03. The van der Waals surface area contributed by atoms with Crippen LogP contribution in [0.1, 0.15) is 26.3 Å². The Bertz CT molecular complexity index is 794. The van der Waals surface area contributed by atoms with Gasteiger partial charge in [0.25, 0.3) is 0 Å². The number of ether oxygens (including phenoxy) is 1. The maximum Gasteiger partial charge on any atom is 0.228 e. The van der Waals surface area contributed by atoms with Crippen molar-refractivity contribution < 1.29 is 4.74 Å². The molecule has 2 aromatic rings. The van der Waals surface area contributed by atoms with E-state index in [0.717, 1.165) is 54.6 Å². The van der Waals surface area contributed by atoms with Gasteiger partial charge in [-0.25, -0.2) is 15.0 Å². The lowest BCUT2D eigenvalue weighted by molar-refractivity contribution is 0.122. The number of nitrogen functional groups attached to an aromatic ring is 1. The van der Waals surface area contributed by atoms with Gasteiger partial charge >= 0.3 is 0 Å². The molecule has 2 aliphatic heterocycles. The maximum absolute atomic E-state index is 5.66. The van der Waals surface area contributed by atoms with Crippen molar-refractivity contribution in [1.29, 1.82) is 0 Å². The third-order valence-electron chi connectivity index (χ3n) is 4.86. The van der Waals surface area contributed by atoms with Crippen molar-refractivity contribution in [3.8, 4) is 11.3 Å². The first-order valence-electron chi connectivity index (χ1n) is 9.02. The largest absolute Gasteiger partial charge is 0.378 e. The Morgan fingerprint density at radius 2 is 1.73 bits per heavy atom. The molecule has 0 aliphatic carbocycles. The van der Waals surface area contributed by atoms with Crippen molar-refractivity contribution in [2.75, 3.05) is 48.4 Å². The molecule has 2 aromatic heterocycles. The molecule has 138 valence electrons. The number of morpholine rings is 1. The molecule has 8 nitrogen and oxygen atoms in total. The Morgan fingerprint density at radius 1 is 1.04 bits per heavy atom. The van der Waals surface area contributed by atoms with Gasteiger partial charge in [0.2, 0.25) is 11.9 Å². The summed E-state index contributed by atoms with van der Waals surface area (Å²) in [4.78, 5) is 22.7. The number of rotatable bonds is 2. The van der Waals surface area contributed by atoms with Crippen LogP contribution in [-0.2, 0) is 11.2 Å². The van der Waals surface area contributed by atoms with Crippen LogP contribution >= 0.6 is 0 Å². The number of nitrogens with zero attached hydrogens (tertiary/aromatic N) is 6. The van der Waals surface area contributed by atoms with E-state index in [1.54, 1.807) is 12.4 Å². The molecule has 8 heteroatoms. The fourth-order valence-corrected chi connectivity index (χ4v) is 3.50. The Labute approximate surface area is 153 Å². The molecule has 0 atom stereocenters. The Kier molecular flexibility index (Phi) is 4.14. The first kappa shape index (κ1) is 17.0. The van der Waals surface area contributed by atoms with E-state index in [0.29, 0.717) is 13.2 Å². The molecule has 0 unspecified atom stereocenters. The van der Waals surface area contributed by atoms with E-state index >= 15 is 0 Å². The zero-order valence-electron chi connectivity index (χ0n) is 15.6. The quantitative estimate of drug-likeness (QED) is 0.866. The minimum Gasteiger partial charge on any atom is -0.378 e. The van der Waals surface area contributed by atoms with E-state index in [1.165, 1.54) is 0 Å². The summed E-state index contributed by atoms with van der Waals surface area (Å²) in [6.45, 7) is 10.6. The molecule has 0 bridgehead atoms. The van der Waals surface area contributed by atoms with Crippen LogP contribution in [0.2, 0.25) is 0 Å². The van der Waals surface area contributed by atoms with Crippen molar-refractivity contribution in [3.63, 3.8) is 0 Å². The zero-order chi connectivity index (χ0) is 18.3. The van der Waals surface area contributed by atoms with Gasteiger partial charge in [-0.1, -0.05) is 0 Å². The number of nitrogens with two attached hydrogens (primary N) is 1. The van der Waals surface area contributed by atoms with Crippen molar-refractivity contribution in [3.05, 3.63) is 18.0 Å². The van der Waals surface area contributed by atoms with E-state index < -0.39 is 0 Å². The molecule has 0 radical (unpaired) electrons. The summed E-state index contributed by atoms with van der Waals surface area (Å²) in [6, 6.07) is 0. The summed E-state index contributed by atoms with van der Waals surface area (Å²) < 4.78 is 5.48. The van der Waals surface area contributed by atoms with Crippen molar-refractivity contribution >= 4 is 17.7 Å². The highest BCUT2D eigenvalue weighted by atomic mass is 16.5. The van der Waals surface area contributed by atoms with Gasteiger partial charge in [0.05, 0.1) is 18.9 Å². The maximum atomic E-state index is 5.66. The fourth-order valence-electron chi connectivity index (χ4n) is 3.50. The van der Waals surface area contributed by atoms with Crippen LogP contribution < -0.4 is 15.5 Å². The molecule has 4 heterocycles. The second-order valence-corrected chi connectivity index (χ2v) is 7.68. The van der Waals surface area contributed by atoms with E-state index in [-0.39, 0.29) is 11.5 Å². The number of hydrogen-bond donors (Lipinski definition) is 1. The second kappa shape index (κ2) is 6.35. The highest BCUT2D eigenvalue weighted by Crippen LogP contribution is 2.38. The minimum atomic E-state index is -0.00321. The predicted molar refractivity (Wildman–Crippen MR) is 101 cm³/mol. The zero-order valence-corrected chi connectivity index (χ0v) is 15.6. The normalized spacial score (nSPS) is 17.5. The number of anilines is 3. The van der Waals surface area contributed by atoms with Crippen molar-refractivity contribution in [2.24, 2.45) is 0 Å². The number of aromatic nitrogens is 4. The first-order valence-corrected chi connectivity index (χ1v) is 9.02. The van der Waals surface area contributed by atoms with Gasteiger partial charge in [0.15, 0.2) is 0 Å². The van der Waals surface area contributed by atoms with Crippen LogP contribution in [0.25, 0.3) is 11.3 Å². The molecule has 1 fully saturated rings. The van der Waals surface area contributed by atoms with E-state index in [2.05, 4.69) is 40.5 Å². The van der Waals surface area contributed by atoms with E-state index in [1.807, 2.05) is 0 Å². The molecule has 26 heavy (non-hydrogen) atoms. The minimum absolute atomic E-state index is 0.00321. The molecule has 1 saturated heterocycles. The summed E-state index contributed by atoms with van der Waals surface area (Å²) in [5.41, 5.74) is 8.60. The lowest BCUT2D eigenvalue weighted by Crippen LogP contribution is -2.41. The van der Waals surface area contributed by atoms with E-state index in [9.17, 15) is 0 Å². The van der Waals surface area contributed by atoms with Gasteiger partial charge in [-0.3, -0.25) is 0 Å². The van der Waals surface area contributed by atoms with Crippen LogP contribution in [0.5, 0.6) is 0 Å².